The molecule has 0 saturated carbocycles. The normalized spacial score (nSPS) is 10.0. The summed E-state index contributed by atoms with van der Waals surface area (Å²) in [5, 5.41) is 0. The number of hydrogen-bond donors (Lipinski definition) is 0. The number of aromatic nitrogens is 1. The lowest BCUT2D eigenvalue weighted by Crippen LogP contribution is -2.42. The summed E-state index contributed by atoms with van der Waals surface area (Å²) in [4.78, 5) is 3.96. The zero-order valence-electron chi connectivity index (χ0n) is 6.06. The van der Waals surface area contributed by atoms with Gasteiger partial charge in [0.1, 0.15) is 23.5 Å². The van der Waals surface area contributed by atoms with E-state index in [-0.39, 0.29) is 5.59 Å². The molecule has 0 N–H and O–H groups in total. The second-order valence-electron chi connectivity index (χ2n) is 2.22. The van der Waals surface area contributed by atoms with Crippen LogP contribution in [0.3, 0.4) is 0 Å². The highest BCUT2D eigenvalue weighted by Gasteiger charge is 2.04. The number of nitrogens with zero attached hydrogens (tertiary/aromatic N) is 1. The number of pyridine rings is 1. The third-order valence-electron chi connectivity index (χ3n) is 1.41. The van der Waals surface area contributed by atoms with Crippen molar-refractivity contribution in [2.75, 3.05) is 0 Å². The van der Waals surface area contributed by atoms with Crippen molar-refractivity contribution in [1.29, 1.82) is 0 Å². The van der Waals surface area contributed by atoms with Gasteiger partial charge in [0.2, 0.25) is 0 Å². The van der Waals surface area contributed by atoms with Crippen LogP contribution in [0.15, 0.2) is 4.47 Å². The lowest BCUT2D eigenvalue weighted by atomic mass is 9.75. The van der Waals surface area contributed by atoms with Crippen LogP contribution in [0.25, 0.3) is 0 Å². The first kappa shape index (κ1) is 8.92. The van der Waals surface area contributed by atoms with Crippen molar-refractivity contribution in [3.05, 3.63) is 10.2 Å². The molecule has 0 aliphatic heterocycles. The van der Waals surface area contributed by atoms with Crippen molar-refractivity contribution in [1.82, 2.24) is 4.98 Å². The molecular weight excluding hydrogens is 198 g/mol. The maximum atomic E-state index is 5.59. The Morgan fingerprint density at radius 3 is 2.27 bits per heavy atom. The minimum Gasteiger partial charge on any atom is -0.269 e. The van der Waals surface area contributed by atoms with Crippen molar-refractivity contribution in [2.24, 2.45) is 0 Å². The molecule has 0 aliphatic carbocycles. The van der Waals surface area contributed by atoms with Gasteiger partial charge in [0.15, 0.2) is 0 Å². The van der Waals surface area contributed by atoms with E-state index in [1.165, 1.54) is 0 Å². The fraction of sp³-hybridized carbons (Fsp3) is 0.167. The van der Waals surface area contributed by atoms with Crippen LogP contribution in [0.1, 0.15) is 5.69 Å². The average molecular weight is 201 g/mol. The molecule has 11 heavy (non-hydrogen) atoms. The van der Waals surface area contributed by atoms with Crippen molar-refractivity contribution < 1.29 is 0 Å². The smallest absolute Gasteiger partial charge is 0.140 e. The molecule has 0 aromatic carbocycles. The van der Waals surface area contributed by atoms with Crippen molar-refractivity contribution >= 4 is 56.0 Å². The Hall–Kier alpha value is -0.175. The van der Waals surface area contributed by atoms with E-state index in [0.29, 0.717) is 15.4 Å². The van der Waals surface area contributed by atoms with Crippen molar-refractivity contribution in [3.63, 3.8) is 0 Å². The zero-order valence-corrected chi connectivity index (χ0v) is 7.64. The van der Waals surface area contributed by atoms with E-state index in [1.807, 2.05) is 0 Å². The van der Waals surface area contributed by atoms with Gasteiger partial charge in [0.25, 0.3) is 0 Å². The molecule has 0 bridgehead atoms. The predicted octanol–water partition coefficient (Wildman–Crippen LogP) is -1.47. The standard InChI is InChI=1S/C6H3B3BrN/c1-2-5(10)3(7)4(8)6(9)11-2/h1H3. The third kappa shape index (κ3) is 1.53. The number of aryl methyl sites for hydroxylation is 1. The van der Waals surface area contributed by atoms with E-state index >= 15 is 0 Å². The van der Waals surface area contributed by atoms with E-state index < -0.39 is 0 Å². The van der Waals surface area contributed by atoms with Crippen LogP contribution in [0.5, 0.6) is 0 Å². The maximum Gasteiger partial charge on any atom is 0.140 e. The molecule has 0 spiro atoms. The second-order valence-corrected chi connectivity index (χ2v) is 3.02. The molecule has 5 heteroatoms. The van der Waals surface area contributed by atoms with Gasteiger partial charge in [0, 0.05) is 4.47 Å². The highest BCUT2D eigenvalue weighted by atomic mass is 79.9. The third-order valence-corrected chi connectivity index (χ3v) is 2.41. The first-order valence-electron chi connectivity index (χ1n) is 3.00. The van der Waals surface area contributed by atoms with Gasteiger partial charge in [0.05, 0.1) is 5.69 Å². The fourth-order valence-corrected chi connectivity index (χ4v) is 1.04. The van der Waals surface area contributed by atoms with E-state index in [1.54, 1.807) is 6.92 Å². The largest absolute Gasteiger partial charge is 0.269 e. The van der Waals surface area contributed by atoms with E-state index in [9.17, 15) is 0 Å². The highest BCUT2D eigenvalue weighted by molar-refractivity contribution is 9.10. The van der Waals surface area contributed by atoms with Gasteiger partial charge in [-0.1, -0.05) is 10.9 Å². The molecule has 0 aliphatic rings. The molecule has 0 saturated heterocycles. The zero-order chi connectivity index (χ0) is 8.59. The van der Waals surface area contributed by atoms with Crippen LogP contribution in [-0.2, 0) is 0 Å². The topological polar surface area (TPSA) is 12.9 Å². The quantitative estimate of drug-likeness (QED) is 0.467. The van der Waals surface area contributed by atoms with Gasteiger partial charge in [-0.2, -0.15) is 0 Å². The highest BCUT2D eigenvalue weighted by Crippen LogP contribution is 2.06. The second kappa shape index (κ2) is 3.06. The molecule has 1 nitrogen and oxygen atoms in total. The fourth-order valence-electron chi connectivity index (χ4n) is 0.741. The average Bonchev–Trinajstić information content (AvgIpc) is 1.97. The Labute approximate surface area is 78.3 Å². The van der Waals surface area contributed by atoms with Crippen LogP contribution < -0.4 is 16.5 Å². The number of rotatable bonds is 0. The van der Waals surface area contributed by atoms with Crippen molar-refractivity contribution in [2.45, 2.75) is 6.92 Å². The van der Waals surface area contributed by atoms with Gasteiger partial charge in [-0.05, 0) is 28.4 Å². The van der Waals surface area contributed by atoms with E-state index in [2.05, 4.69) is 20.9 Å². The molecule has 48 valence electrons. The molecular formula is C6H3B3BrN. The van der Waals surface area contributed by atoms with Crippen LogP contribution >= 0.6 is 15.9 Å². The molecule has 1 aromatic rings. The van der Waals surface area contributed by atoms with E-state index in [0.717, 1.165) is 5.69 Å². The molecule has 6 radical (unpaired) electrons. The van der Waals surface area contributed by atoms with Crippen LogP contribution in [0.2, 0.25) is 0 Å². The summed E-state index contributed by atoms with van der Waals surface area (Å²) in [6.45, 7) is 1.80. The van der Waals surface area contributed by atoms with Gasteiger partial charge in [-0.25, -0.2) is 0 Å². The molecule has 0 unspecified atom stereocenters. The summed E-state index contributed by atoms with van der Waals surface area (Å²) in [5.74, 6) is 0. The first-order chi connectivity index (χ1) is 5.04. The SMILES string of the molecule is [B]c1nc(C)c(Br)c([B])c1[B]. The van der Waals surface area contributed by atoms with Crippen LogP contribution in [0.4, 0.5) is 0 Å². The summed E-state index contributed by atoms with van der Waals surface area (Å²) in [7, 11) is 16.6. The Bertz CT molecular complexity index is 274. The Balaban J connectivity index is 3.46. The molecule has 1 aromatic heterocycles. The van der Waals surface area contributed by atoms with E-state index in [4.69, 9.17) is 23.5 Å². The van der Waals surface area contributed by atoms with Crippen molar-refractivity contribution in [3.8, 4) is 0 Å². The Kier molecular flexibility index (Phi) is 2.48. The first-order valence-corrected chi connectivity index (χ1v) is 3.80. The van der Waals surface area contributed by atoms with Gasteiger partial charge in [-0.15, -0.1) is 0 Å². The summed E-state index contributed by atoms with van der Waals surface area (Å²) in [5.41, 5.74) is 1.81. The molecule has 0 amide bonds. The summed E-state index contributed by atoms with van der Waals surface area (Å²) < 4.78 is 0.712. The van der Waals surface area contributed by atoms with Crippen LogP contribution in [0, 0.1) is 6.92 Å². The summed E-state index contributed by atoms with van der Waals surface area (Å²) >= 11 is 3.24. The lowest BCUT2D eigenvalue weighted by molar-refractivity contribution is 1.23. The predicted molar refractivity (Wildman–Crippen MR) is 52.8 cm³/mol. The Morgan fingerprint density at radius 1 is 1.18 bits per heavy atom. The maximum absolute atomic E-state index is 5.59. The number of halogens is 1. The lowest BCUT2D eigenvalue weighted by Gasteiger charge is -2.09. The minimum atomic E-state index is 0.281. The molecule has 0 atom stereocenters. The van der Waals surface area contributed by atoms with Gasteiger partial charge < -0.3 is 0 Å². The molecule has 1 rings (SSSR count). The molecule has 1 heterocycles. The minimum absolute atomic E-state index is 0.281. The number of hydrogen-bond acceptors (Lipinski definition) is 1. The van der Waals surface area contributed by atoms with Gasteiger partial charge >= 0.3 is 0 Å². The Morgan fingerprint density at radius 2 is 1.73 bits per heavy atom. The van der Waals surface area contributed by atoms with Gasteiger partial charge in [-0.3, -0.25) is 4.98 Å². The monoisotopic (exact) mass is 201 g/mol. The van der Waals surface area contributed by atoms with Crippen LogP contribution in [-0.4, -0.2) is 28.5 Å². The summed E-state index contributed by atoms with van der Waals surface area (Å²) in [6, 6.07) is 0. The molecule has 0 fully saturated rings. The summed E-state index contributed by atoms with van der Waals surface area (Å²) in [6.07, 6.45) is 0.